The van der Waals surface area contributed by atoms with E-state index in [0.717, 1.165) is 22.1 Å². The number of aromatic nitrogens is 1. The number of pyridine rings is 1. The normalized spacial score (nSPS) is 10.4. The summed E-state index contributed by atoms with van der Waals surface area (Å²) in [4.78, 5) is 6.14. The molecule has 0 aliphatic rings. The molecule has 1 aromatic heterocycles. The fraction of sp³-hybridized carbons (Fsp3) is 0.0588. The first-order chi connectivity index (χ1) is 10.7. The van der Waals surface area contributed by atoms with Gasteiger partial charge >= 0.3 is 0 Å². The zero-order valence-electron chi connectivity index (χ0n) is 12.1. The van der Waals surface area contributed by atoms with Crippen LogP contribution in [0.15, 0.2) is 54.7 Å². The van der Waals surface area contributed by atoms with Crippen molar-refractivity contribution in [2.24, 2.45) is 0 Å². The maximum atomic E-state index is 6.09. The third kappa shape index (κ3) is 2.46. The lowest BCUT2D eigenvalue weighted by Gasteiger charge is -2.22. The molecule has 3 aromatic rings. The number of anilines is 3. The van der Waals surface area contributed by atoms with Crippen molar-refractivity contribution in [3.63, 3.8) is 0 Å². The van der Waals surface area contributed by atoms with Crippen molar-refractivity contribution in [1.29, 1.82) is 0 Å². The van der Waals surface area contributed by atoms with Gasteiger partial charge in [-0.25, -0.2) is 4.98 Å². The number of hydrogen-bond acceptors (Lipinski definition) is 4. The highest BCUT2D eigenvalue weighted by Crippen LogP contribution is 2.35. The highest BCUT2D eigenvalue weighted by atomic mass is 32.1. The molecule has 0 bridgehead atoms. The van der Waals surface area contributed by atoms with Crippen LogP contribution in [0.2, 0.25) is 0 Å². The first-order valence-electron chi connectivity index (χ1n) is 6.76. The van der Waals surface area contributed by atoms with Gasteiger partial charge < -0.3 is 15.4 Å². The van der Waals surface area contributed by atoms with Crippen LogP contribution in [0.3, 0.4) is 0 Å². The second kappa shape index (κ2) is 5.99. The van der Waals surface area contributed by atoms with Gasteiger partial charge in [-0.1, -0.05) is 36.5 Å². The first kappa shape index (κ1) is 14.3. The number of ether oxygens (including phenoxy) is 1. The maximum Gasteiger partial charge on any atom is 0.213 e. The van der Waals surface area contributed by atoms with Gasteiger partial charge in [-0.3, -0.25) is 0 Å². The van der Waals surface area contributed by atoms with E-state index in [4.69, 9.17) is 22.7 Å². The largest absolute Gasteiger partial charge is 0.481 e. The van der Waals surface area contributed by atoms with Gasteiger partial charge in [-0.2, -0.15) is 0 Å². The molecule has 0 aliphatic carbocycles. The Balaban J connectivity index is 2.23. The standard InChI is InChI=1S/C17H15N3OS/c1-21-17-9-13-12(10-19-17)5-4-8-15(13)20(11-22)16-7-3-2-6-14(16)18/h2-11H,18H2,1H3. The van der Waals surface area contributed by atoms with Gasteiger partial charge in [0.15, 0.2) is 0 Å². The smallest absolute Gasteiger partial charge is 0.213 e. The van der Waals surface area contributed by atoms with Gasteiger partial charge in [-0.15, -0.1) is 0 Å². The van der Waals surface area contributed by atoms with Gasteiger partial charge in [-0.05, 0) is 18.2 Å². The summed E-state index contributed by atoms with van der Waals surface area (Å²) in [5.74, 6) is 0.560. The zero-order valence-corrected chi connectivity index (χ0v) is 12.9. The summed E-state index contributed by atoms with van der Waals surface area (Å²) in [6.07, 6.45) is 1.79. The molecule has 0 fully saturated rings. The van der Waals surface area contributed by atoms with E-state index in [2.05, 4.69) is 4.98 Å². The Bertz CT molecular complexity index is 835. The second-order valence-corrected chi connectivity index (χ2v) is 4.97. The lowest BCUT2D eigenvalue weighted by molar-refractivity contribution is 0.399. The van der Waals surface area contributed by atoms with Crippen LogP contribution in [-0.4, -0.2) is 17.6 Å². The lowest BCUT2D eigenvalue weighted by atomic mass is 10.1. The topological polar surface area (TPSA) is 51.4 Å². The van der Waals surface area contributed by atoms with Crippen LogP contribution >= 0.6 is 12.2 Å². The quantitative estimate of drug-likeness (QED) is 0.585. The number of nitrogen functional groups attached to an aromatic ring is 1. The average Bonchev–Trinajstić information content (AvgIpc) is 2.57. The Morgan fingerprint density at radius 3 is 2.64 bits per heavy atom. The predicted molar refractivity (Wildman–Crippen MR) is 94.9 cm³/mol. The van der Waals surface area contributed by atoms with Crippen molar-refractivity contribution in [3.8, 4) is 5.88 Å². The van der Waals surface area contributed by atoms with Crippen LogP contribution in [-0.2, 0) is 0 Å². The van der Waals surface area contributed by atoms with Gasteiger partial charge in [0.05, 0.1) is 29.7 Å². The molecular weight excluding hydrogens is 294 g/mol. The highest BCUT2D eigenvalue weighted by molar-refractivity contribution is 7.79. The van der Waals surface area contributed by atoms with Crippen LogP contribution in [0.4, 0.5) is 17.1 Å². The SMILES string of the molecule is COc1cc2c(N(C=S)c3ccccc3N)cccc2cn1. The minimum Gasteiger partial charge on any atom is -0.481 e. The summed E-state index contributed by atoms with van der Waals surface area (Å²) in [6.45, 7) is 0. The fourth-order valence-corrected chi connectivity index (χ4v) is 2.63. The zero-order chi connectivity index (χ0) is 15.5. The number of nitrogens with zero attached hydrogens (tertiary/aromatic N) is 2. The van der Waals surface area contributed by atoms with E-state index in [-0.39, 0.29) is 0 Å². The molecule has 4 nitrogen and oxygen atoms in total. The van der Waals surface area contributed by atoms with E-state index in [9.17, 15) is 0 Å². The van der Waals surface area contributed by atoms with E-state index in [1.165, 1.54) is 0 Å². The summed E-state index contributed by atoms with van der Waals surface area (Å²) >= 11 is 5.22. The monoisotopic (exact) mass is 309 g/mol. The van der Waals surface area contributed by atoms with E-state index >= 15 is 0 Å². The number of hydrogen-bond donors (Lipinski definition) is 1. The van der Waals surface area contributed by atoms with Crippen molar-refractivity contribution in [3.05, 3.63) is 54.7 Å². The number of rotatable bonds is 4. The van der Waals surface area contributed by atoms with Crippen LogP contribution in [0, 0.1) is 0 Å². The molecule has 0 atom stereocenters. The van der Waals surface area contributed by atoms with Gasteiger partial charge in [0.1, 0.15) is 0 Å². The Labute approximate surface area is 134 Å². The number of fused-ring (bicyclic) bond motifs is 1. The number of thiocarbonyl (C=S) groups is 1. The van der Waals surface area contributed by atoms with E-state index in [0.29, 0.717) is 11.6 Å². The molecule has 22 heavy (non-hydrogen) atoms. The third-order valence-electron chi connectivity index (χ3n) is 3.49. The summed E-state index contributed by atoms with van der Waals surface area (Å²) < 4.78 is 5.23. The molecule has 2 N–H and O–H groups in total. The molecule has 0 radical (unpaired) electrons. The molecule has 0 unspecified atom stereocenters. The Kier molecular flexibility index (Phi) is 3.89. The molecular formula is C17H15N3OS. The molecule has 0 saturated heterocycles. The van der Waals surface area contributed by atoms with Crippen molar-refractivity contribution >= 4 is 45.5 Å². The minimum absolute atomic E-state index is 0.560. The molecule has 0 spiro atoms. The van der Waals surface area contributed by atoms with Crippen LogP contribution in [0.1, 0.15) is 0 Å². The summed E-state index contributed by atoms with van der Waals surface area (Å²) in [7, 11) is 1.60. The van der Waals surface area contributed by atoms with Gasteiger partial charge in [0.2, 0.25) is 5.88 Å². The second-order valence-electron chi connectivity index (χ2n) is 4.76. The number of methoxy groups -OCH3 is 1. The molecule has 2 aromatic carbocycles. The summed E-state index contributed by atoms with van der Waals surface area (Å²) in [5.41, 5.74) is 10.1. The van der Waals surface area contributed by atoms with Gasteiger partial charge in [0.25, 0.3) is 0 Å². The first-order valence-corrected chi connectivity index (χ1v) is 7.23. The summed E-state index contributed by atoms with van der Waals surface area (Å²) in [6, 6.07) is 15.5. The Morgan fingerprint density at radius 2 is 1.91 bits per heavy atom. The Hall–Kier alpha value is -2.66. The number of benzene rings is 2. The fourth-order valence-electron chi connectivity index (χ4n) is 2.41. The van der Waals surface area contributed by atoms with E-state index in [1.54, 1.807) is 18.8 Å². The molecule has 3 rings (SSSR count). The average molecular weight is 309 g/mol. The van der Waals surface area contributed by atoms with E-state index in [1.807, 2.05) is 53.4 Å². The molecule has 0 saturated carbocycles. The summed E-state index contributed by atoms with van der Waals surface area (Å²) in [5, 5.41) is 2.01. The molecule has 1 heterocycles. The van der Waals surface area contributed by atoms with Crippen molar-refractivity contribution in [1.82, 2.24) is 4.98 Å². The van der Waals surface area contributed by atoms with Crippen molar-refractivity contribution < 1.29 is 4.74 Å². The van der Waals surface area contributed by atoms with Gasteiger partial charge in [0, 0.05) is 23.0 Å². The number of nitrogens with two attached hydrogens (primary N) is 1. The number of para-hydroxylation sites is 2. The predicted octanol–water partition coefficient (Wildman–Crippen LogP) is 3.92. The molecule has 5 heteroatoms. The third-order valence-corrected chi connectivity index (χ3v) is 3.70. The minimum atomic E-state index is 0.560. The van der Waals surface area contributed by atoms with Crippen LogP contribution in [0.5, 0.6) is 5.88 Å². The maximum absolute atomic E-state index is 6.09. The molecule has 0 aliphatic heterocycles. The lowest BCUT2D eigenvalue weighted by Crippen LogP contribution is -2.15. The van der Waals surface area contributed by atoms with Crippen LogP contribution < -0.4 is 15.4 Å². The highest BCUT2D eigenvalue weighted by Gasteiger charge is 2.13. The molecule has 0 amide bonds. The van der Waals surface area contributed by atoms with Crippen LogP contribution in [0.25, 0.3) is 10.8 Å². The van der Waals surface area contributed by atoms with Crippen molar-refractivity contribution in [2.45, 2.75) is 0 Å². The van der Waals surface area contributed by atoms with E-state index < -0.39 is 0 Å². The molecule has 110 valence electrons. The Morgan fingerprint density at radius 1 is 1.14 bits per heavy atom. The van der Waals surface area contributed by atoms with Crippen molar-refractivity contribution in [2.75, 3.05) is 17.7 Å².